The van der Waals surface area contributed by atoms with Crippen LogP contribution in [-0.4, -0.2) is 14.6 Å². The summed E-state index contributed by atoms with van der Waals surface area (Å²) >= 11 is 6.12. The zero-order valence-electron chi connectivity index (χ0n) is 4.87. The highest BCUT2D eigenvalue weighted by Crippen LogP contribution is 2.06. The van der Waals surface area contributed by atoms with E-state index in [4.69, 9.17) is 17.3 Å². The van der Waals surface area contributed by atoms with Crippen LogP contribution in [-0.2, 0) is 11.2 Å². The van der Waals surface area contributed by atoms with Crippen molar-refractivity contribution < 1.29 is 4.79 Å². The van der Waals surface area contributed by atoms with Crippen molar-refractivity contribution in [2.45, 2.75) is 6.42 Å². The lowest BCUT2D eigenvalue weighted by atomic mass is 10.4. The van der Waals surface area contributed by atoms with E-state index >= 15 is 0 Å². The maximum Gasteiger partial charge on any atom is 0.229 e. The lowest BCUT2D eigenvalue weighted by molar-refractivity contribution is -0.111. The predicted octanol–water partition coefficient (Wildman–Crippen LogP) is 0.428. The smallest absolute Gasteiger partial charge is 0.229 e. The Morgan fingerprint density at radius 2 is 2.50 bits per heavy atom. The monoisotopic (exact) mass is 177 g/mol. The van der Waals surface area contributed by atoms with Gasteiger partial charge in [0.15, 0.2) is 11.0 Å². The third-order valence-corrected chi connectivity index (χ3v) is 1.49. The van der Waals surface area contributed by atoms with Gasteiger partial charge in [-0.3, -0.25) is 4.79 Å². The molecule has 1 aromatic rings. The fourth-order valence-electron chi connectivity index (χ4n) is 0.464. The van der Waals surface area contributed by atoms with E-state index < -0.39 is 5.24 Å². The molecule has 1 heterocycles. The molecule has 0 amide bonds. The summed E-state index contributed by atoms with van der Waals surface area (Å²) in [5.74, 6) is 0.391. The second kappa shape index (κ2) is 2.94. The van der Waals surface area contributed by atoms with Crippen molar-refractivity contribution >= 4 is 33.5 Å². The Balaban J connectivity index is 2.67. The van der Waals surface area contributed by atoms with Gasteiger partial charge >= 0.3 is 0 Å². The first-order valence-corrected chi connectivity index (χ1v) is 3.60. The molecule has 10 heavy (non-hydrogen) atoms. The quantitative estimate of drug-likeness (QED) is 0.666. The summed E-state index contributed by atoms with van der Waals surface area (Å²) in [6, 6.07) is 0. The first-order chi connectivity index (χ1) is 4.68. The van der Waals surface area contributed by atoms with Gasteiger partial charge in [-0.2, -0.15) is 4.37 Å². The second-order valence-corrected chi connectivity index (χ2v) is 2.79. The number of nitrogens with two attached hydrogens (primary N) is 1. The van der Waals surface area contributed by atoms with Gasteiger partial charge in [0.2, 0.25) is 5.24 Å². The average Bonchev–Trinajstić information content (AvgIpc) is 2.13. The van der Waals surface area contributed by atoms with Crippen molar-refractivity contribution in [1.82, 2.24) is 9.36 Å². The molecular weight excluding hydrogens is 174 g/mol. The standard InChI is InChI=1S/C4H4ClN3OS/c5-2(9)1-3-7-4(6)10-8-3/h1H2,(H2,6,7,8). The summed E-state index contributed by atoms with van der Waals surface area (Å²) in [6.45, 7) is 0. The molecule has 0 radical (unpaired) electrons. The molecule has 0 aliphatic carbocycles. The van der Waals surface area contributed by atoms with Crippen LogP contribution >= 0.6 is 23.1 Å². The molecule has 0 aromatic carbocycles. The Kier molecular flexibility index (Phi) is 2.18. The van der Waals surface area contributed by atoms with Gasteiger partial charge in [0.05, 0.1) is 6.42 Å². The van der Waals surface area contributed by atoms with E-state index in [-0.39, 0.29) is 6.42 Å². The molecular formula is C4H4ClN3OS. The fraction of sp³-hybridized carbons (Fsp3) is 0.250. The molecule has 0 saturated heterocycles. The van der Waals surface area contributed by atoms with Crippen molar-refractivity contribution in [2.75, 3.05) is 5.73 Å². The number of hydrogen-bond acceptors (Lipinski definition) is 5. The lowest BCUT2D eigenvalue weighted by Crippen LogP contribution is -1.95. The molecule has 1 aromatic heterocycles. The molecule has 0 aliphatic heterocycles. The molecule has 0 saturated carbocycles. The van der Waals surface area contributed by atoms with Crippen LogP contribution in [0.5, 0.6) is 0 Å². The average molecular weight is 178 g/mol. The zero-order chi connectivity index (χ0) is 7.56. The minimum absolute atomic E-state index is 0.0508. The molecule has 0 bridgehead atoms. The molecule has 0 spiro atoms. The van der Waals surface area contributed by atoms with E-state index in [2.05, 4.69) is 9.36 Å². The van der Waals surface area contributed by atoms with Crippen molar-refractivity contribution in [3.05, 3.63) is 5.82 Å². The molecule has 4 nitrogen and oxygen atoms in total. The summed E-state index contributed by atoms with van der Waals surface area (Å²) in [4.78, 5) is 14.0. The molecule has 0 unspecified atom stereocenters. The van der Waals surface area contributed by atoms with Gasteiger partial charge in [-0.15, -0.1) is 0 Å². The third kappa shape index (κ3) is 1.93. The Morgan fingerprint density at radius 1 is 1.80 bits per heavy atom. The summed E-state index contributed by atoms with van der Waals surface area (Å²) in [5, 5.41) is -0.120. The van der Waals surface area contributed by atoms with Crippen molar-refractivity contribution in [3.63, 3.8) is 0 Å². The van der Waals surface area contributed by atoms with E-state index in [1.807, 2.05) is 0 Å². The normalized spacial score (nSPS) is 9.70. The minimum Gasteiger partial charge on any atom is -0.374 e. The maximum absolute atomic E-state index is 10.3. The van der Waals surface area contributed by atoms with Crippen LogP contribution in [0.2, 0.25) is 0 Å². The van der Waals surface area contributed by atoms with Crippen molar-refractivity contribution in [3.8, 4) is 0 Å². The SMILES string of the molecule is Nc1nc(CC(=O)Cl)ns1. The molecule has 54 valence electrons. The molecule has 1 rings (SSSR count). The number of halogens is 1. The van der Waals surface area contributed by atoms with E-state index in [1.54, 1.807) is 0 Å². The van der Waals surface area contributed by atoms with Crippen molar-refractivity contribution in [1.29, 1.82) is 0 Å². The Morgan fingerprint density at radius 3 is 2.90 bits per heavy atom. The van der Waals surface area contributed by atoms with Crippen LogP contribution in [0.15, 0.2) is 0 Å². The largest absolute Gasteiger partial charge is 0.374 e. The van der Waals surface area contributed by atoms with Crippen LogP contribution in [0, 0.1) is 0 Å². The number of hydrogen-bond donors (Lipinski definition) is 1. The van der Waals surface area contributed by atoms with Gasteiger partial charge in [0, 0.05) is 11.5 Å². The molecule has 0 fully saturated rings. The number of nitrogens with zero attached hydrogens (tertiary/aromatic N) is 2. The third-order valence-electron chi connectivity index (χ3n) is 0.781. The van der Waals surface area contributed by atoms with E-state index in [0.29, 0.717) is 11.0 Å². The number of nitrogen functional groups attached to an aromatic ring is 1. The number of anilines is 1. The fourth-order valence-corrected chi connectivity index (χ4v) is 1.03. The summed E-state index contributed by atoms with van der Waals surface area (Å²) in [6.07, 6.45) is 0.0508. The molecule has 2 N–H and O–H groups in total. The number of rotatable bonds is 2. The zero-order valence-corrected chi connectivity index (χ0v) is 6.45. The van der Waals surface area contributed by atoms with Gasteiger partial charge in [0.1, 0.15) is 0 Å². The maximum atomic E-state index is 10.3. The number of aromatic nitrogens is 2. The van der Waals surface area contributed by atoms with Gasteiger partial charge in [-0.05, 0) is 11.6 Å². The minimum atomic E-state index is -0.474. The highest BCUT2D eigenvalue weighted by atomic mass is 35.5. The predicted molar refractivity (Wildman–Crippen MR) is 38.9 cm³/mol. The molecule has 0 aliphatic rings. The molecule has 6 heteroatoms. The van der Waals surface area contributed by atoms with E-state index in [9.17, 15) is 4.79 Å². The Bertz CT molecular complexity index is 248. The van der Waals surface area contributed by atoms with Gasteiger partial charge in [-0.25, -0.2) is 4.98 Å². The summed E-state index contributed by atoms with van der Waals surface area (Å²) in [7, 11) is 0. The van der Waals surface area contributed by atoms with Gasteiger partial charge in [-0.1, -0.05) is 0 Å². The Hall–Kier alpha value is -0.680. The van der Waals surface area contributed by atoms with E-state index in [1.165, 1.54) is 0 Å². The number of carbonyl (C=O) groups is 1. The summed E-state index contributed by atoms with van der Waals surface area (Å²) in [5.41, 5.74) is 5.24. The van der Waals surface area contributed by atoms with E-state index in [0.717, 1.165) is 11.5 Å². The lowest BCUT2D eigenvalue weighted by Gasteiger charge is -1.82. The van der Waals surface area contributed by atoms with Crippen LogP contribution in [0.4, 0.5) is 5.13 Å². The Labute approximate surface area is 66.2 Å². The van der Waals surface area contributed by atoms with Crippen LogP contribution < -0.4 is 5.73 Å². The number of carbonyl (C=O) groups excluding carboxylic acids is 1. The second-order valence-electron chi connectivity index (χ2n) is 1.58. The van der Waals surface area contributed by atoms with Crippen LogP contribution in [0.1, 0.15) is 5.82 Å². The van der Waals surface area contributed by atoms with Gasteiger partial charge < -0.3 is 5.73 Å². The first-order valence-electron chi connectivity index (χ1n) is 2.45. The highest BCUT2D eigenvalue weighted by molar-refractivity contribution is 7.09. The van der Waals surface area contributed by atoms with Crippen LogP contribution in [0.25, 0.3) is 0 Å². The van der Waals surface area contributed by atoms with Crippen LogP contribution in [0.3, 0.4) is 0 Å². The van der Waals surface area contributed by atoms with Crippen molar-refractivity contribution in [2.24, 2.45) is 0 Å². The topological polar surface area (TPSA) is 68.9 Å². The van der Waals surface area contributed by atoms with Gasteiger partial charge in [0.25, 0.3) is 0 Å². The summed E-state index contributed by atoms with van der Waals surface area (Å²) < 4.78 is 3.76. The first kappa shape index (κ1) is 7.43. The highest BCUT2D eigenvalue weighted by Gasteiger charge is 2.04. The molecule has 0 atom stereocenters.